The van der Waals surface area contributed by atoms with Gasteiger partial charge in [0.2, 0.25) is 0 Å². The van der Waals surface area contributed by atoms with Crippen molar-refractivity contribution in [1.82, 2.24) is 0 Å². The van der Waals surface area contributed by atoms with Crippen LogP contribution in [0.1, 0.15) is 0 Å². The van der Waals surface area contributed by atoms with Gasteiger partial charge in [0.25, 0.3) is 0 Å². The molecule has 4 nitrogen and oxygen atoms in total. The van der Waals surface area contributed by atoms with E-state index in [2.05, 4.69) is 0 Å². The van der Waals surface area contributed by atoms with Gasteiger partial charge in [0.15, 0.2) is 0 Å². The zero-order valence-electron chi connectivity index (χ0n) is 3.49. The van der Waals surface area contributed by atoms with Crippen LogP contribution in [0.25, 0.3) is 0 Å². The predicted octanol–water partition coefficient (Wildman–Crippen LogP) is -1.24. The summed E-state index contributed by atoms with van der Waals surface area (Å²) in [5, 5.41) is 0. The Morgan fingerprint density at radius 3 is 0.429 bits per heavy atom. The summed E-state index contributed by atoms with van der Waals surface area (Å²) in [6.07, 6.45) is 0. The Balaban J connectivity index is 0. The van der Waals surface area contributed by atoms with E-state index in [0.29, 0.717) is 0 Å². The molecule has 0 fully saturated rings. The molecule has 0 rings (SSSR count). The zero-order chi connectivity index (χ0) is 0. The van der Waals surface area contributed by atoms with Crippen molar-refractivity contribution in [2.24, 2.45) is 0 Å². The third-order valence-corrected chi connectivity index (χ3v) is 0. The molecular formula is CdGa2O4. The van der Waals surface area contributed by atoms with Crippen LogP contribution in [-0.4, -0.2) is 39.6 Å². The molecule has 0 unspecified atom stereocenters. The quantitative estimate of drug-likeness (QED) is 0.498. The predicted molar refractivity (Wildman–Crippen MR) is 14.3 cm³/mol. The van der Waals surface area contributed by atoms with E-state index in [1.165, 1.54) is 0 Å². The molecular weight excluding hydrogens is 316 g/mol. The Hall–Kier alpha value is 2.03. The van der Waals surface area contributed by atoms with Crippen molar-refractivity contribution in [3.63, 3.8) is 0 Å². The Morgan fingerprint density at radius 2 is 0.429 bits per heavy atom. The number of hydrogen-bond donors (Lipinski definition) is 0. The Morgan fingerprint density at radius 1 is 0.429 bits per heavy atom. The normalized spacial score (nSPS) is 0. The average molecular weight is 316 g/mol. The van der Waals surface area contributed by atoms with Gasteiger partial charge >= 0.3 is 66.9 Å². The van der Waals surface area contributed by atoms with Crippen LogP contribution in [0.3, 0.4) is 0 Å². The van der Waals surface area contributed by atoms with Crippen LogP contribution in [0.15, 0.2) is 0 Å². The van der Waals surface area contributed by atoms with E-state index in [0.717, 1.165) is 0 Å². The summed E-state index contributed by atoms with van der Waals surface area (Å²) in [6, 6.07) is 0. The van der Waals surface area contributed by atoms with E-state index in [1.54, 1.807) is 0 Å². The van der Waals surface area contributed by atoms with Crippen molar-refractivity contribution in [3.05, 3.63) is 0 Å². The third-order valence-electron chi connectivity index (χ3n) is 0. The Bertz CT molecular complexity index is 9.65. The summed E-state index contributed by atoms with van der Waals surface area (Å²) in [5.41, 5.74) is 0. The first-order chi connectivity index (χ1) is 0. The third kappa shape index (κ3) is 70.7. The topological polar surface area (TPSA) is 114 Å². The molecule has 0 bridgehead atoms. The van der Waals surface area contributed by atoms with Crippen LogP contribution in [0.2, 0.25) is 0 Å². The van der Waals surface area contributed by atoms with Crippen molar-refractivity contribution >= 4 is 39.6 Å². The van der Waals surface area contributed by atoms with Crippen molar-refractivity contribution < 1.29 is 49.2 Å². The molecule has 0 aromatic carbocycles. The van der Waals surface area contributed by atoms with Crippen LogP contribution in [0.5, 0.6) is 0 Å². The molecule has 0 amide bonds. The van der Waals surface area contributed by atoms with Gasteiger partial charge in [-0.1, -0.05) is 0 Å². The summed E-state index contributed by atoms with van der Waals surface area (Å²) in [7, 11) is 0. The molecule has 0 saturated heterocycles. The monoisotopic (exact) mass is 316 g/mol. The maximum atomic E-state index is 0. The van der Waals surface area contributed by atoms with Crippen LogP contribution >= 0.6 is 0 Å². The number of rotatable bonds is 0. The van der Waals surface area contributed by atoms with Crippen molar-refractivity contribution in [3.8, 4) is 0 Å². The van der Waals surface area contributed by atoms with Gasteiger partial charge in [-0.05, 0) is 0 Å². The van der Waals surface area contributed by atoms with E-state index in [1.807, 2.05) is 0 Å². The zero-order valence-corrected chi connectivity index (χ0v) is 12.4. The van der Waals surface area contributed by atoms with Crippen LogP contribution in [-0.2, 0) is 49.2 Å². The van der Waals surface area contributed by atoms with Gasteiger partial charge in [0, 0.05) is 0 Å². The fraction of sp³-hybridized carbons (Fsp3) is 0. The molecule has 0 aliphatic carbocycles. The fourth-order valence-corrected chi connectivity index (χ4v) is 0. The minimum atomic E-state index is 0. The summed E-state index contributed by atoms with van der Waals surface area (Å²) in [5.74, 6) is 0. The molecule has 0 radical (unpaired) electrons. The minimum Gasteiger partial charge on any atom is -2.00 e. The molecule has 0 N–H and O–H groups in total. The molecule has 7 heteroatoms. The molecule has 32 valence electrons. The van der Waals surface area contributed by atoms with Gasteiger partial charge in [-0.25, -0.2) is 0 Å². The van der Waals surface area contributed by atoms with Crippen molar-refractivity contribution in [2.45, 2.75) is 0 Å². The maximum absolute atomic E-state index is 0. The van der Waals surface area contributed by atoms with E-state index in [9.17, 15) is 0 Å². The van der Waals surface area contributed by atoms with E-state index in [4.69, 9.17) is 0 Å². The van der Waals surface area contributed by atoms with E-state index in [-0.39, 0.29) is 88.8 Å². The van der Waals surface area contributed by atoms with Crippen molar-refractivity contribution in [1.29, 1.82) is 0 Å². The molecule has 0 atom stereocenters. The molecule has 0 spiro atoms. The SMILES string of the molecule is [Cd+2].[Ga+3].[Ga+3].[O-2].[O-2].[O-2].[O-2]. The van der Waals surface area contributed by atoms with Gasteiger partial charge in [0.1, 0.15) is 0 Å². The van der Waals surface area contributed by atoms with Gasteiger partial charge in [-0.3, -0.25) is 0 Å². The molecule has 0 aromatic heterocycles. The largest absolute Gasteiger partial charge is 3.00 e. The summed E-state index contributed by atoms with van der Waals surface area (Å²) >= 11 is 0. The van der Waals surface area contributed by atoms with Crippen LogP contribution < -0.4 is 0 Å². The van der Waals surface area contributed by atoms with Crippen molar-refractivity contribution in [2.75, 3.05) is 0 Å². The van der Waals surface area contributed by atoms with E-state index >= 15 is 0 Å². The Kier molecular flexibility index (Phi) is 1930. The molecule has 0 aliphatic heterocycles. The summed E-state index contributed by atoms with van der Waals surface area (Å²) in [6.45, 7) is 0. The maximum Gasteiger partial charge on any atom is 3.00 e. The summed E-state index contributed by atoms with van der Waals surface area (Å²) < 4.78 is 0. The summed E-state index contributed by atoms with van der Waals surface area (Å²) in [4.78, 5) is 0. The number of hydrogen-bond acceptors (Lipinski definition) is 0. The second-order valence-corrected chi connectivity index (χ2v) is 0. The first kappa shape index (κ1) is 141. The first-order valence-corrected chi connectivity index (χ1v) is 0. The van der Waals surface area contributed by atoms with E-state index < -0.39 is 0 Å². The fourth-order valence-electron chi connectivity index (χ4n) is 0. The van der Waals surface area contributed by atoms with Gasteiger partial charge in [-0.2, -0.15) is 0 Å². The molecule has 0 aliphatic rings. The molecule has 0 heterocycles. The second kappa shape index (κ2) is 96.0. The van der Waals surface area contributed by atoms with Gasteiger partial charge < -0.3 is 21.9 Å². The second-order valence-electron chi connectivity index (χ2n) is 0. The first-order valence-electron chi connectivity index (χ1n) is 0. The van der Waals surface area contributed by atoms with Crippen LogP contribution in [0, 0.1) is 0 Å². The van der Waals surface area contributed by atoms with Gasteiger partial charge in [0.05, 0.1) is 0 Å². The Labute approximate surface area is 87.9 Å². The van der Waals surface area contributed by atoms with Crippen LogP contribution in [0.4, 0.5) is 0 Å². The molecule has 0 saturated carbocycles. The average Bonchev–Trinajstić information content (AvgIpc) is 0. The smallest absolute Gasteiger partial charge is 2.00 e. The molecule has 7 heavy (non-hydrogen) atoms. The standard InChI is InChI=1S/Cd.2Ga.4O/q+2;2*+3;4*-2. The van der Waals surface area contributed by atoms with Gasteiger partial charge in [-0.15, -0.1) is 0 Å². The molecule has 0 aromatic rings. The minimum absolute atomic E-state index is 0.